The smallest absolute Gasteiger partial charge is 0.434 e. The summed E-state index contributed by atoms with van der Waals surface area (Å²) in [6, 6.07) is 3.82. The predicted molar refractivity (Wildman–Crippen MR) is 60.5 cm³/mol. The van der Waals surface area contributed by atoms with Gasteiger partial charge in [0.25, 0.3) is 0 Å². The van der Waals surface area contributed by atoms with Gasteiger partial charge in [0.05, 0.1) is 28.2 Å². The number of rotatable bonds is 3. The molecule has 0 N–H and O–H groups in total. The topological polar surface area (TPSA) is 102 Å². The highest BCUT2D eigenvalue weighted by atomic mass is 35.5. The molecule has 94 valence electrons. The van der Waals surface area contributed by atoms with Crippen LogP contribution in [0.3, 0.4) is 0 Å². The van der Waals surface area contributed by atoms with Crippen molar-refractivity contribution < 1.29 is 19.2 Å². The van der Waals surface area contributed by atoms with Crippen LogP contribution in [0, 0.1) is 21.4 Å². The average Bonchev–Trinajstić information content (AvgIpc) is 2.31. The van der Waals surface area contributed by atoms with Gasteiger partial charge >= 0.3 is 11.8 Å². The molecule has 0 amide bonds. The summed E-state index contributed by atoms with van der Waals surface area (Å²) < 4.78 is 9.12. The molecule has 7 nitrogen and oxygen atoms in total. The molecule has 1 aromatic rings. The van der Waals surface area contributed by atoms with Gasteiger partial charge in [-0.1, -0.05) is 11.6 Å². The van der Waals surface area contributed by atoms with Crippen LogP contribution in [0.1, 0.15) is 12.5 Å². The molecule has 0 aliphatic heterocycles. The number of carbonyl (C=O) groups excluding carboxylic acids is 1. The average molecular weight is 271 g/mol. The Morgan fingerprint density at radius 2 is 2.28 bits per heavy atom. The van der Waals surface area contributed by atoms with Crippen molar-refractivity contribution in [2.24, 2.45) is 0 Å². The third-order valence-electron chi connectivity index (χ3n) is 1.80. The Hall–Kier alpha value is -2.33. The highest BCUT2D eigenvalue weighted by molar-refractivity contribution is 6.32. The molecule has 0 atom stereocenters. The minimum absolute atomic E-state index is 0.0112. The number of halogens is 1. The quantitative estimate of drug-likeness (QED) is 0.362. The van der Waals surface area contributed by atoms with E-state index in [1.165, 1.54) is 0 Å². The fraction of sp³-hybridized carbons (Fsp3) is 0.200. The van der Waals surface area contributed by atoms with Gasteiger partial charge in [-0.3, -0.25) is 10.1 Å². The van der Waals surface area contributed by atoms with Gasteiger partial charge in [0.15, 0.2) is 0 Å². The third-order valence-corrected chi connectivity index (χ3v) is 2.08. The molecule has 0 saturated carbocycles. The van der Waals surface area contributed by atoms with Crippen LogP contribution in [0.2, 0.25) is 5.02 Å². The van der Waals surface area contributed by atoms with Crippen LogP contribution in [0.5, 0.6) is 5.75 Å². The molecule has 18 heavy (non-hydrogen) atoms. The Balaban J connectivity index is 3.21. The van der Waals surface area contributed by atoms with Crippen LogP contribution < -0.4 is 4.74 Å². The summed E-state index contributed by atoms with van der Waals surface area (Å²) in [4.78, 5) is 21.1. The molecule has 1 rings (SSSR count). The molecule has 8 heteroatoms. The number of nitriles is 1. The minimum atomic E-state index is -1.10. The lowest BCUT2D eigenvalue weighted by atomic mass is 10.2. The molecule has 0 aliphatic carbocycles. The molecule has 0 aromatic heterocycles. The molecular formula is C10H7ClN2O5. The summed E-state index contributed by atoms with van der Waals surface area (Å²) in [5.41, 5.74) is -0.588. The first-order valence-corrected chi connectivity index (χ1v) is 5.10. The van der Waals surface area contributed by atoms with E-state index >= 15 is 0 Å². The Kier molecular flexibility index (Phi) is 4.45. The lowest BCUT2D eigenvalue weighted by Crippen LogP contribution is -2.11. The Morgan fingerprint density at radius 1 is 1.61 bits per heavy atom. The van der Waals surface area contributed by atoms with E-state index in [1.807, 2.05) is 0 Å². The fourth-order valence-corrected chi connectivity index (χ4v) is 1.36. The van der Waals surface area contributed by atoms with Crippen molar-refractivity contribution in [1.29, 1.82) is 5.26 Å². The maximum atomic E-state index is 11.1. The molecule has 0 saturated heterocycles. The van der Waals surface area contributed by atoms with Crippen molar-refractivity contribution in [1.82, 2.24) is 0 Å². The van der Waals surface area contributed by atoms with Crippen molar-refractivity contribution in [2.45, 2.75) is 6.92 Å². The summed E-state index contributed by atoms with van der Waals surface area (Å²) in [5, 5.41) is 19.2. The van der Waals surface area contributed by atoms with E-state index in [0.29, 0.717) is 0 Å². The Morgan fingerprint density at radius 3 is 2.78 bits per heavy atom. The maximum absolute atomic E-state index is 11.1. The Bertz CT molecular complexity index is 538. The highest BCUT2D eigenvalue weighted by Gasteiger charge is 2.23. The van der Waals surface area contributed by atoms with Gasteiger partial charge in [0.2, 0.25) is 5.75 Å². The van der Waals surface area contributed by atoms with E-state index in [4.69, 9.17) is 16.9 Å². The third kappa shape index (κ3) is 3.09. The molecular weight excluding hydrogens is 264 g/mol. The number of nitrogens with zero attached hydrogens (tertiary/aromatic N) is 2. The fourth-order valence-electron chi connectivity index (χ4n) is 1.11. The minimum Gasteiger partial charge on any atom is -0.434 e. The summed E-state index contributed by atoms with van der Waals surface area (Å²) in [5.74, 6) is -0.445. The lowest BCUT2D eigenvalue weighted by Gasteiger charge is -2.06. The van der Waals surface area contributed by atoms with Crippen LogP contribution >= 0.6 is 11.6 Å². The zero-order chi connectivity index (χ0) is 13.7. The largest absolute Gasteiger partial charge is 0.514 e. The predicted octanol–water partition coefficient (Wildman–Crippen LogP) is 2.66. The van der Waals surface area contributed by atoms with Gasteiger partial charge in [0.1, 0.15) is 0 Å². The van der Waals surface area contributed by atoms with Crippen LogP contribution in [-0.4, -0.2) is 17.7 Å². The molecule has 0 spiro atoms. The molecule has 0 unspecified atom stereocenters. The van der Waals surface area contributed by atoms with Crippen LogP contribution in [0.25, 0.3) is 0 Å². The number of ether oxygens (including phenoxy) is 2. The molecule has 0 aliphatic rings. The number of nitro groups is 1. The van der Waals surface area contributed by atoms with E-state index in [2.05, 4.69) is 9.47 Å². The maximum Gasteiger partial charge on any atom is 0.514 e. The van der Waals surface area contributed by atoms with E-state index in [0.717, 1.165) is 12.1 Å². The van der Waals surface area contributed by atoms with Gasteiger partial charge in [-0.2, -0.15) is 5.26 Å². The zero-order valence-electron chi connectivity index (χ0n) is 9.18. The second-order valence-electron chi connectivity index (χ2n) is 2.96. The number of hydrogen-bond acceptors (Lipinski definition) is 6. The van der Waals surface area contributed by atoms with Crippen molar-refractivity contribution in [3.63, 3.8) is 0 Å². The van der Waals surface area contributed by atoms with Crippen LogP contribution in [0.15, 0.2) is 12.1 Å². The van der Waals surface area contributed by atoms with E-state index in [9.17, 15) is 14.9 Å². The van der Waals surface area contributed by atoms with Gasteiger partial charge < -0.3 is 9.47 Å². The first-order valence-electron chi connectivity index (χ1n) is 4.72. The van der Waals surface area contributed by atoms with E-state index in [1.54, 1.807) is 13.0 Å². The van der Waals surface area contributed by atoms with Crippen molar-refractivity contribution >= 4 is 23.4 Å². The van der Waals surface area contributed by atoms with Gasteiger partial charge in [-0.05, 0) is 13.0 Å². The molecule has 0 heterocycles. The second-order valence-corrected chi connectivity index (χ2v) is 3.37. The SMILES string of the molecule is CCOC(=O)Oc1c(Cl)cc(C#N)cc1[N+](=O)[O-]. The van der Waals surface area contributed by atoms with E-state index in [-0.39, 0.29) is 17.2 Å². The van der Waals surface area contributed by atoms with Crippen LogP contribution in [-0.2, 0) is 4.74 Å². The van der Waals surface area contributed by atoms with Crippen LogP contribution in [0.4, 0.5) is 10.5 Å². The number of nitro benzene ring substituents is 1. The monoisotopic (exact) mass is 270 g/mol. The lowest BCUT2D eigenvalue weighted by molar-refractivity contribution is -0.385. The first-order chi connectivity index (χ1) is 8.49. The van der Waals surface area contributed by atoms with Gasteiger partial charge in [-0.25, -0.2) is 4.79 Å². The summed E-state index contributed by atoms with van der Waals surface area (Å²) >= 11 is 5.71. The van der Waals surface area contributed by atoms with Crippen molar-refractivity contribution in [3.05, 3.63) is 32.8 Å². The van der Waals surface area contributed by atoms with Gasteiger partial charge in [0, 0.05) is 6.07 Å². The molecule has 0 bridgehead atoms. The highest BCUT2D eigenvalue weighted by Crippen LogP contribution is 2.36. The van der Waals surface area contributed by atoms with Crippen molar-refractivity contribution in [3.8, 4) is 11.8 Å². The Labute approximate surface area is 107 Å². The number of benzene rings is 1. The molecule has 0 radical (unpaired) electrons. The van der Waals surface area contributed by atoms with Gasteiger partial charge in [-0.15, -0.1) is 0 Å². The summed E-state index contributed by atoms with van der Waals surface area (Å²) in [6.45, 7) is 1.61. The number of carbonyl (C=O) groups is 1. The van der Waals surface area contributed by atoms with E-state index < -0.39 is 22.5 Å². The summed E-state index contributed by atoms with van der Waals surface area (Å²) in [7, 11) is 0. The normalized spacial score (nSPS) is 9.39. The molecule has 0 fully saturated rings. The van der Waals surface area contributed by atoms with Crippen molar-refractivity contribution in [2.75, 3.05) is 6.61 Å². The standard InChI is InChI=1S/C10H7ClN2O5/c1-2-17-10(14)18-9-7(11)3-6(5-12)4-8(9)13(15)16/h3-4H,2H2,1H3. The zero-order valence-corrected chi connectivity index (χ0v) is 9.93. The molecule has 1 aromatic carbocycles. The number of hydrogen-bond donors (Lipinski definition) is 0. The first kappa shape index (κ1) is 13.7. The summed E-state index contributed by atoms with van der Waals surface area (Å²) in [6.07, 6.45) is -1.10. The second kappa shape index (κ2) is 5.84.